The fourth-order valence-electron chi connectivity index (χ4n) is 4.36. The topological polar surface area (TPSA) is 58.6 Å². The van der Waals surface area contributed by atoms with E-state index in [0.717, 1.165) is 47.9 Å². The second kappa shape index (κ2) is 11.9. The highest BCUT2D eigenvalue weighted by Gasteiger charge is 2.29. The Morgan fingerprint density at radius 1 is 1.09 bits per heavy atom. The van der Waals surface area contributed by atoms with Crippen LogP contribution in [0.5, 0.6) is 5.75 Å². The molecule has 0 aromatic heterocycles. The van der Waals surface area contributed by atoms with Crippen molar-refractivity contribution in [3.8, 4) is 5.75 Å². The van der Waals surface area contributed by atoms with Gasteiger partial charge < -0.3 is 15.0 Å². The second-order valence-corrected chi connectivity index (χ2v) is 10.1. The van der Waals surface area contributed by atoms with Crippen LogP contribution in [0, 0.1) is 20.8 Å². The summed E-state index contributed by atoms with van der Waals surface area (Å²) in [5, 5.41) is 4.11. The van der Waals surface area contributed by atoms with Gasteiger partial charge in [0.1, 0.15) is 11.8 Å². The molecule has 0 heterocycles. The van der Waals surface area contributed by atoms with Gasteiger partial charge in [0.05, 0.1) is 0 Å². The summed E-state index contributed by atoms with van der Waals surface area (Å²) in [6.45, 7) is 7.75. The molecule has 2 amide bonds. The quantitative estimate of drug-likeness (QED) is 0.467. The molecule has 1 aliphatic carbocycles. The van der Waals surface area contributed by atoms with E-state index in [2.05, 4.69) is 11.4 Å². The fourth-order valence-corrected chi connectivity index (χ4v) is 4.83. The van der Waals surface area contributed by atoms with Crippen molar-refractivity contribution in [1.82, 2.24) is 10.2 Å². The molecule has 0 aliphatic heterocycles. The number of ether oxygens (including phenoxy) is 1. The molecule has 3 rings (SSSR count). The highest BCUT2D eigenvalue weighted by Crippen LogP contribution is 2.25. The molecule has 1 N–H and O–H groups in total. The first-order valence-electron chi connectivity index (χ1n) is 11.9. The Labute approximate surface area is 212 Å². The predicted octanol–water partition coefficient (Wildman–Crippen LogP) is 6.16. The second-order valence-electron chi connectivity index (χ2n) is 9.27. The van der Waals surface area contributed by atoms with Crippen LogP contribution in [0.4, 0.5) is 0 Å². The monoisotopic (exact) mass is 504 g/mol. The lowest BCUT2D eigenvalue weighted by atomic mass is 9.95. The molecule has 2 aromatic rings. The average molecular weight is 505 g/mol. The Hall–Kier alpha value is -2.24. The third-order valence-electron chi connectivity index (χ3n) is 6.59. The zero-order chi connectivity index (χ0) is 24.8. The van der Waals surface area contributed by atoms with E-state index in [1.165, 1.54) is 11.3 Å². The van der Waals surface area contributed by atoms with Gasteiger partial charge in [0.2, 0.25) is 5.91 Å². The normalized spacial score (nSPS) is 15.0. The third kappa shape index (κ3) is 6.89. The third-order valence-corrected chi connectivity index (χ3v) is 7.18. The first-order chi connectivity index (χ1) is 16.2. The maximum Gasteiger partial charge on any atom is 0.261 e. The van der Waals surface area contributed by atoms with Crippen molar-refractivity contribution in [3.63, 3.8) is 0 Å². The van der Waals surface area contributed by atoms with Crippen LogP contribution >= 0.6 is 23.2 Å². The number of aryl methyl sites for hydroxylation is 2. The molecule has 0 radical (unpaired) electrons. The molecule has 0 unspecified atom stereocenters. The van der Waals surface area contributed by atoms with Crippen LogP contribution in [-0.2, 0) is 16.1 Å². The van der Waals surface area contributed by atoms with Crippen molar-refractivity contribution in [1.29, 1.82) is 0 Å². The van der Waals surface area contributed by atoms with Gasteiger partial charge in [-0.25, -0.2) is 0 Å². The van der Waals surface area contributed by atoms with Crippen molar-refractivity contribution in [2.24, 2.45) is 0 Å². The smallest absolute Gasteiger partial charge is 0.261 e. The maximum atomic E-state index is 13.4. The zero-order valence-corrected chi connectivity index (χ0v) is 21.9. The van der Waals surface area contributed by atoms with Crippen LogP contribution in [0.3, 0.4) is 0 Å². The van der Waals surface area contributed by atoms with E-state index in [4.69, 9.17) is 27.9 Å². The van der Waals surface area contributed by atoms with Gasteiger partial charge in [0, 0.05) is 22.6 Å². The van der Waals surface area contributed by atoms with Gasteiger partial charge in [-0.05, 0) is 81.0 Å². The first-order valence-corrected chi connectivity index (χ1v) is 12.7. The maximum absolute atomic E-state index is 13.4. The Bertz CT molecular complexity index is 1030. The molecule has 7 heteroatoms. The highest BCUT2D eigenvalue weighted by molar-refractivity contribution is 6.35. The van der Waals surface area contributed by atoms with Crippen molar-refractivity contribution < 1.29 is 14.3 Å². The number of rotatable bonds is 8. The number of hydrogen-bond acceptors (Lipinski definition) is 3. The number of carbonyl (C=O) groups is 2. The minimum Gasteiger partial charge on any atom is -0.483 e. The molecule has 1 aliphatic rings. The standard InChI is InChI=1S/C27H34Cl2N2O3/c1-17-12-18(2)19(3)25(13-17)34-16-26(32)31(15-21-10-11-22(28)14-24(21)29)20(4)27(33)30-23-8-6-5-7-9-23/h10-14,20,23H,5-9,15-16H2,1-4H3,(H,30,33)/t20-/m1/s1. The van der Waals surface area contributed by atoms with Gasteiger partial charge in [-0.1, -0.05) is 54.6 Å². The molecule has 2 aromatic carbocycles. The molecule has 34 heavy (non-hydrogen) atoms. The molecular weight excluding hydrogens is 471 g/mol. The van der Waals surface area contributed by atoms with E-state index in [0.29, 0.717) is 15.8 Å². The van der Waals surface area contributed by atoms with Crippen LogP contribution in [0.15, 0.2) is 30.3 Å². The number of nitrogens with zero attached hydrogens (tertiary/aromatic N) is 1. The molecule has 1 saturated carbocycles. The summed E-state index contributed by atoms with van der Waals surface area (Å²) < 4.78 is 5.93. The molecule has 1 fully saturated rings. The van der Waals surface area contributed by atoms with Crippen LogP contribution < -0.4 is 10.1 Å². The van der Waals surface area contributed by atoms with Crippen LogP contribution in [0.2, 0.25) is 10.0 Å². The average Bonchev–Trinajstić information content (AvgIpc) is 2.80. The number of halogens is 2. The summed E-state index contributed by atoms with van der Waals surface area (Å²) in [4.78, 5) is 28.0. The SMILES string of the molecule is Cc1cc(C)c(C)c(OCC(=O)N(Cc2ccc(Cl)cc2Cl)[C@H](C)C(=O)NC2CCCCC2)c1. The van der Waals surface area contributed by atoms with Gasteiger partial charge >= 0.3 is 0 Å². The van der Waals surface area contributed by atoms with E-state index in [-0.39, 0.29) is 31.0 Å². The highest BCUT2D eigenvalue weighted by atomic mass is 35.5. The number of benzene rings is 2. The molecule has 5 nitrogen and oxygen atoms in total. The molecular formula is C27H34Cl2N2O3. The van der Waals surface area contributed by atoms with Crippen molar-refractivity contribution in [2.75, 3.05) is 6.61 Å². The van der Waals surface area contributed by atoms with E-state index < -0.39 is 6.04 Å². The lowest BCUT2D eigenvalue weighted by Gasteiger charge is -2.31. The lowest BCUT2D eigenvalue weighted by Crippen LogP contribution is -2.51. The van der Waals surface area contributed by atoms with Gasteiger partial charge in [0.15, 0.2) is 6.61 Å². The molecule has 0 saturated heterocycles. The van der Waals surface area contributed by atoms with Gasteiger partial charge in [0.25, 0.3) is 5.91 Å². The summed E-state index contributed by atoms with van der Waals surface area (Å²) in [6.07, 6.45) is 5.39. The Morgan fingerprint density at radius 3 is 2.47 bits per heavy atom. The summed E-state index contributed by atoms with van der Waals surface area (Å²) >= 11 is 12.4. The van der Waals surface area contributed by atoms with E-state index in [1.807, 2.05) is 26.8 Å². The van der Waals surface area contributed by atoms with Gasteiger partial charge in [-0.3, -0.25) is 9.59 Å². The van der Waals surface area contributed by atoms with E-state index in [9.17, 15) is 9.59 Å². The summed E-state index contributed by atoms with van der Waals surface area (Å²) in [5.74, 6) is 0.235. The molecule has 184 valence electrons. The first kappa shape index (κ1) is 26.4. The van der Waals surface area contributed by atoms with Crippen LogP contribution in [0.25, 0.3) is 0 Å². The fraction of sp³-hybridized carbons (Fsp3) is 0.481. The Morgan fingerprint density at radius 2 is 1.79 bits per heavy atom. The van der Waals surface area contributed by atoms with Crippen molar-refractivity contribution >= 4 is 35.0 Å². The van der Waals surface area contributed by atoms with Gasteiger partial charge in [-0.2, -0.15) is 0 Å². The molecule has 1 atom stereocenters. The Kier molecular flexibility index (Phi) is 9.26. The van der Waals surface area contributed by atoms with Gasteiger partial charge in [-0.15, -0.1) is 0 Å². The summed E-state index contributed by atoms with van der Waals surface area (Å²) in [7, 11) is 0. The number of nitrogens with one attached hydrogen (secondary N) is 1. The molecule has 0 bridgehead atoms. The predicted molar refractivity (Wildman–Crippen MR) is 138 cm³/mol. The lowest BCUT2D eigenvalue weighted by molar-refractivity contribution is -0.142. The number of carbonyl (C=O) groups excluding carboxylic acids is 2. The zero-order valence-electron chi connectivity index (χ0n) is 20.4. The minimum absolute atomic E-state index is 0.159. The van der Waals surface area contributed by atoms with E-state index in [1.54, 1.807) is 25.1 Å². The van der Waals surface area contributed by atoms with E-state index >= 15 is 0 Å². The minimum atomic E-state index is -0.676. The van der Waals surface area contributed by atoms with Crippen LogP contribution in [0.1, 0.15) is 61.3 Å². The largest absolute Gasteiger partial charge is 0.483 e. The Balaban J connectivity index is 1.78. The summed E-state index contributed by atoms with van der Waals surface area (Å²) in [5.41, 5.74) is 3.89. The number of amides is 2. The summed E-state index contributed by atoms with van der Waals surface area (Å²) in [6, 6.07) is 8.65. The van der Waals surface area contributed by atoms with Crippen LogP contribution in [-0.4, -0.2) is 35.4 Å². The number of hydrogen-bond donors (Lipinski definition) is 1. The molecule has 0 spiro atoms. The van der Waals surface area contributed by atoms with Crippen molar-refractivity contribution in [2.45, 2.75) is 78.4 Å². The van der Waals surface area contributed by atoms with Crippen molar-refractivity contribution in [3.05, 3.63) is 62.6 Å².